The molecule has 1 aliphatic rings. The number of H-pyrrole nitrogens is 1. The number of carbonyl (C=O) groups excluding carboxylic acids is 1. The molecule has 2 unspecified atom stereocenters. The smallest absolute Gasteiger partial charge is 0.290 e. The number of phenols is 1. The zero-order chi connectivity index (χ0) is 25.1. The third kappa shape index (κ3) is 4.94. The van der Waals surface area contributed by atoms with E-state index in [1.54, 1.807) is 26.2 Å². The summed E-state index contributed by atoms with van der Waals surface area (Å²) in [6, 6.07) is 14.8. The van der Waals surface area contributed by atoms with E-state index in [9.17, 15) is 19.5 Å². The lowest BCUT2D eigenvalue weighted by Gasteiger charge is -2.33. The zero-order valence-electron chi connectivity index (χ0n) is 20.2. The van der Waals surface area contributed by atoms with Crippen LogP contribution in [0.4, 0.5) is 17.1 Å². The second-order valence-electron chi connectivity index (χ2n) is 9.13. The minimum Gasteiger partial charge on any atom is -0.505 e. The molecule has 184 valence electrons. The van der Waals surface area contributed by atoms with Gasteiger partial charge in [-0.3, -0.25) is 24.2 Å². The fourth-order valence-corrected chi connectivity index (χ4v) is 4.68. The highest BCUT2D eigenvalue weighted by molar-refractivity contribution is 5.98. The van der Waals surface area contributed by atoms with E-state index in [4.69, 9.17) is 0 Å². The van der Waals surface area contributed by atoms with Crippen LogP contribution in [0.3, 0.4) is 0 Å². The average Bonchev–Trinajstić information content (AvgIpc) is 2.86. The normalized spacial score (nSPS) is 17.6. The Hall–Kier alpha value is -4.01. The van der Waals surface area contributed by atoms with Gasteiger partial charge < -0.3 is 20.6 Å². The first-order valence-electron chi connectivity index (χ1n) is 11.7. The molecular formula is C26H31N5O4. The van der Waals surface area contributed by atoms with Crippen molar-refractivity contribution in [3.63, 3.8) is 0 Å². The number of para-hydroxylation sites is 1. The summed E-state index contributed by atoms with van der Waals surface area (Å²) in [5.41, 5.74) is 0.639. The third-order valence-electron chi connectivity index (χ3n) is 6.52. The lowest BCUT2D eigenvalue weighted by molar-refractivity contribution is 0.0824. The lowest BCUT2D eigenvalue weighted by Crippen LogP contribution is -2.37. The van der Waals surface area contributed by atoms with Crippen LogP contribution >= 0.6 is 0 Å². The maximum atomic E-state index is 13.2. The highest BCUT2D eigenvalue weighted by Crippen LogP contribution is 2.36. The molecule has 2 aromatic carbocycles. The fraction of sp³-hybridized carbons (Fsp3) is 0.346. The van der Waals surface area contributed by atoms with Crippen molar-refractivity contribution in [3.8, 4) is 5.75 Å². The van der Waals surface area contributed by atoms with Gasteiger partial charge in [-0.15, -0.1) is 0 Å². The Morgan fingerprint density at radius 3 is 2.46 bits per heavy atom. The minimum atomic E-state index is -0.523. The van der Waals surface area contributed by atoms with Crippen molar-refractivity contribution in [2.45, 2.75) is 37.6 Å². The maximum Gasteiger partial charge on any atom is 0.290 e. The highest BCUT2D eigenvalue weighted by Gasteiger charge is 2.29. The molecule has 1 heterocycles. The van der Waals surface area contributed by atoms with Crippen molar-refractivity contribution in [2.75, 3.05) is 24.7 Å². The van der Waals surface area contributed by atoms with Crippen LogP contribution < -0.4 is 21.8 Å². The van der Waals surface area contributed by atoms with Crippen LogP contribution in [0.15, 0.2) is 58.1 Å². The van der Waals surface area contributed by atoms with Crippen molar-refractivity contribution in [1.82, 2.24) is 14.7 Å². The molecule has 2 atom stereocenters. The van der Waals surface area contributed by atoms with Crippen molar-refractivity contribution in [2.24, 2.45) is 7.05 Å². The molecule has 0 spiro atoms. The number of aryl methyl sites for hydroxylation is 1. The average molecular weight is 478 g/mol. The van der Waals surface area contributed by atoms with Crippen molar-refractivity contribution in [1.29, 1.82) is 0 Å². The van der Waals surface area contributed by atoms with E-state index in [-0.39, 0.29) is 46.2 Å². The summed E-state index contributed by atoms with van der Waals surface area (Å²) < 4.78 is 1.14. The van der Waals surface area contributed by atoms with Crippen LogP contribution in [0.25, 0.3) is 0 Å². The van der Waals surface area contributed by atoms with Gasteiger partial charge in [0.25, 0.3) is 17.0 Å². The van der Waals surface area contributed by atoms with Crippen molar-refractivity contribution < 1.29 is 9.90 Å². The molecule has 9 nitrogen and oxygen atoms in total. The number of anilines is 3. The van der Waals surface area contributed by atoms with Gasteiger partial charge >= 0.3 is 0 Å². The van der Waals surface area contributed by atoms with Crippen LogP contribution in [0.5, 0.6) is 5.75 Å². The van der Waals surface area contributed by atoms with Gasteiger partial charge in [-0.25, -0.2) is 0 Å². The molecule has 0 bridgehead atoms. The van der Waals surface area contributed by atoms with E-state index in [1.807, 2.05) is 18.2 Å². The molecule has 9 heteroatoms. The molecule has 1 fully saturated rings. The van der Waals surface area contributed by atoms with Gasteiger partial charge in [0.05, 0.1) is 11.3 Å². The van der Waals surface area contributed by atoms with E-state index >= 15 is 0 Å². The van der Waals surface area contributed by atoms with Crippen LogP contribution in [0, 0.1) is 0 Å². The molecule has 1 amide bonds. The molecule has 0 aliphatic heterocycles. The molecule has 3 aromatic rings. The van der Waals surface area contributed by atoms with E-state index in [1.165, 1.54) is 23.6 Å². The Balaban J connectivity index is 1.74. The van der Waals surface area contributed by atoms with Gasteiger partial charge in [0.15, 0.2) is 5.75 Å². The number of nitrogens with one attached hydrogen (secondary N) is 3. The molecule has 1 saturated carbocycles. The number of hydrogen-bond acceptors (Lipinski definition) is 6. The maximum absolute atomic E-state index is 13.2. The van der Waals surface area contributed by atoms with Crippen molar-refractivity contribution in [3.05, 3.63) is 80.4 Å². The fourth-order valence-electron chi connectivity index (χ4n) is 4.68. The van der Waals surface area contributed by atoms with E-state index < -0.39 is 11.1 Å². The van der Waals surface area contributed by atoms with E-state index in [0.717, 1.165) is 30.4 Å². The second kappa shape index (κ2) is 10.1. The zero-order valence-corrected chi connectivity index (χ0v) is 20.2. The summed E-state index contributed by atoms with van der Waals surface area (Å²) in [5, 5.41) is 19.6. The van der Waals surface area contributed by atoms with E-state index in [2.05, 4.69) is 27.9 Å². The van der Waals surface area contributed by atoms with Crippen LogP contribution in [0.1, 0.15) is 47.5 Å². The van der Waals surface area contributed by atoms with Gasteiger partial charge in [-0.05, 0) is 30.5 Å². The number of amides is 1. The Morgan fingerprint density at radius 1 is 1.03 bits per heavy atom. The van der Waals surface area contributed by atoms with Gasteiger partial charge in [0.2, 0.25) is 0 Å². The number of aromatic hydroxyl groups is 1. The van der Waals surface area contributed by atoms with Gasteiger partial charge in [-0.2, -0.15) is 0 Å². The summed E-state index contributed by atoms with van der Waals surface area (Å²) in [4.78, 5) is 39.9. The van der Waals surface area contributed by atoms with E-state index in [0.29, 0.717) is 0 Å². The van der Waals surface area contributed by atoms with Gasteiger partial charge in [-0.1, -0.05) is 49.2 Å². The Kier molecular flexibility index (Phi) is 6.95. The Labute approximate surface area is 203 Å². The van der Waals surface area contributed by atoms with Crippen molar-refractivity contribution >= 4 is 23.0 Å². The van der Waals surface area contributed by atoms with Crippen LogP contribution in [0.2, 0.25) is 0 Å². The Bertz CT molecular complexity index is 1330. The monoisotopic (exact) mass is 477 g/mol. The number of phenolic OH excluding ortho intramolecular Hbond substituents is 1. The summed E-state index contributed by atoms with van der Waals surface area (Å²) in [7, 11) is 4.66. The number of benzene rings is 2. The first-order chi connectivity index (χ1) is 16.8. The topological polar surface area (TPSA) is 119 Å². The molecule has 1 aliphatic carbocycles. The quantitative estimate of drug-likeness (QED) is 0.404. The molecule has 4 N–H and O–H groups in total. The summed E-state index contributed by atoms with van der Waals surface area (Å²) >= 11 is 0. The number of carbonyl (C=O) groups is 1. The second-order valence-corrected chi connectivity index (χ2v) is 9.13. The van der Waals surface area contributed by atoms with Crippen LogP contribution in [-0.4, -0.2) is 45.8 Å². The molecule has 0 saturated heterocycles. The van der Waals surface area contributed by atoms with Gasteiger partial charge in [0.1, 0.15) is 11.4 Å². The summed E-state index contributed by atoms with van der Waals surface area (Å²) in [5.74, 6) is -0.483. The number of aromatic nitrogens is 2. The SMILES string of the molecule is CN(C)C(=O)c1cccc(Nc2c(NC3CCCCC3c3ccccc3)c(=O)n(C)[nH]c2=O)c1O. The standard InChI is InChI=1S/C26H31N5O4/c1-30(2)25(34)18-13-9-15-20(23(18)32)28-21-22(26(35)31(3)29-24(21)33)27-19-14-8-7-12-17(19)16-10-5-4-6-11-16/h4-6,9-11,13,15,17,19,27-28,32H,7-8,12,14H2,1-3H3,(H,29,33). The summed E-state index contributed by atoms with van der Waals surface area (Å²) in [6.45, 7) is 0. The molecule has 1 aromatic heterocycles. The minimum absolute atomic E-state index is 0.00441. The molecular weight excluding hydrogens is 446 g/mol. The number of aromatic amines is 1. The van der Waals surface area contributed by atoms with Crippen LogP contribution in [-0.2, 0) is 7.05 Å². The first-order valence-corrected chi connectivity index (χ1v) is 11.7. The number of nitrogens with zero attached hydrogens (tertiary/aromatic N) is 2. The number of hydrogen-bond donors (Lipinski definition) is 4. The first kappa shape index (κ1) is 24.1. The lowest BCUT2D eigenvalue weighted by atomic mass is 9.80. The Morgan fingerprint density at radius 2 is 1.74 bits per heavy atom. The van der Waals surface area contributed by atoms with Gasteiger partial charge in [0, 0.05) is 33.1 Å². The predicted molar refractivity (Wildman–Crippen MR) is 137 cm³/mol. The number of rotatable bonds is 6. The molecule has 0 radical (unpaired) electrons. The molecule has 4 rings (SSSR count). The predicted octanol–water partition coefficient (Wildman–Crippen LogP) is 3.36. The largest absolute Gasteiger partial charge is 0.505 e. The molecule has 35 heavy (non-hydrogen) atoms. The summed E-state index contributed by atoms with van der Waals surface area (Å²) in [6.07, 6.45) is 3.94. The third-order valence-corrected chi connectivity index (χ3v) is 6.52. The highest BCUT2D eigenvalue weighted by atomic mass is 16.3.